The Bertz CT molecular complexity index is 1210. The van der Waals surface area contributed by atoms with Crippen LogP contribution in [0.5, 0.6) is 0 Å². The van der Waals surface area contributed by atoms with Gasteiger partial charge >= 0.3 is 0 Å². The molecule has 0 saturated heterocycles. The molecule has 0 fully saturated rings. The minimum Gasteiger partial charge on any atom is -0.545 e. The normalized spacial score (nSPS) is 11.0. The number of carboxylic acid groups (broad SMARTS) is 1. The number of rotatable bonds is 6. The van der Waals surface area contributed by atoms with Crippen LogP contribution in [0, 0.1) is 6.92 Å². The van der Waals surface area contributed by atoms with E-state index in [1.807, 2.05) is 19.1 Å². The van der Waals surface area contributed by atoms with E-state index in [1.54, 1.807) is 12.1 Å². The molecular formula is C21H16ClN2O5S-. The molecule has 1 amide bonds. The lowest BCUT2D eigenvalue weighted by Crippen LogP contribution is -2.22. The standard InChI is InChI=1S/C21H17ClN2O5S/c1-13-2-6-15(7-3-13)23-20(25)18-12-17(10-11-19(18)22)30(28,29)24-16-8-4-14(5-9-16)21(26)27/h2-12,24H,1H3,(H,23,25)(H,26,27)/p-1. The summed E-state index contributed by atoms with van der Waals surface area (Å²) in [5.74, 6) is -1.93. The van der Waals surface area contributed by atoms with Crippen molar-refractivity contribution in [1.29, 1.82) is 0 Å². The first-order chi connectivity index (χ1) is 14.2. The van der Waals surface area contributed by atoms with Crippen LogP contribution < -0.4 is 15.1 Å². The Balaban J connectivity index is 1.84. The highest BCUT2D eigenvalue weighted by Crippen LogP contribution is 2.24. The number of hydrogen-bond donors (Lipinski definition) is 2. The fourth-order valence-electron chi connectivity index (χ4n) is 2.57. The maximum atomic E-state index is 12.7. The number of carboxylic acids is 1. The van der Waals surface area contributed by atoms with Crippen molar-refractivity contribution in [1.82, 2.24) is 0 Å². The largest absolute Gasteiger partial charge is 0.545 e. The molecule has 0 aromatic heterocycles. The predicted octanol–water partition coefficient (Wildman–Crippen LogP) is 3.07. The van der Waals surface area contributed by atoms with Crippen molar-refractivity contribution in [3.8, 4) is 0 Å². The fraction of sp³-hybridized carbons (Fsp3) is 0.0476. The number of aromatic carboxylic acids is 1. The zero-order valence-corrected chi connectivity index (χ0v) is 17.3. The van der Waals surface area contributed by atoms with Crippen molar-refractivity contribution < 1.29 is 23.1 Å². The topological polar surface area (TPSA) is 115 Å². The zero-order valence-electron chi connectivity index (χ0n) is 15.7. The first-order valence-electron chi connectivity index (χ1n) is 8.67. The van der Waals surface area contributed by atoms with Gasteiger partial charge in [0, 0.05) is 11.4 Å². The van der Waals surface area contributed by atoms with Crippen molar-refractivity contribution >= 4 is 44.9 Å². The van der Waals surface area contributed by atoms with Crippen LogP contribution in [0.25, 0.3) is 0 Å². The predicted molar refractivity (Wildman–Crippen MR) is 112 cm³/mol. The molecule has 0 heterocycles. The van der Waals surface area contributed by atoms with E-state index in [1.165, 1.54) is 42.5 Å². The molecule has 0 atom stereocenters. The first-order valence-corrected chi connectivity index (χ1v) is 10.5. The Kier molecular flexibility index (Phi) is 6.09. The molecule has 2 N–H and O–H groups in total. The second-order valence-corrected chi connectivity index (χ2v) is 8.52. The third kappa shape index (κ3) is 4.97. The number of amides is 1. The van der Waals surface area contributed by atoms with Gasteiger partial charge in [-0.05, 0) is 55.0 Å². The van der Waals surface area contributed by atoms with Crippen LogP contribution in [0.3, 0.4) is 0 Å². The van der Waals surface area contributed by atoms with Crippen LogP contribution in [-0.4, -0.2) is 20.3 Å². The van der Waals surface area contributed by atoms with Gasteiger partial charge in [-0.15, -0.1) is 0 Å². The summed E-state index contributed by atoms with van der Waals surface area (Å²) in [6.45, 7) is 1.91. The van der Waals surface area contributed by atoms with Crippen molar-refractivity contribution in [2.45, 2.75) is 11.8 Å². The van der Waals surface area contributed by atoms with Gasteiger partial charge in [0.05, 0.1) is 21.5 Å². The summed E-state index contributed by atoms with van der Waals surface area (Å²) < 4.78 is 27.7. The molecule has 30 heavy (non-hydrogen) atoms. The van der Waals surface area contributed by atoms with Gasteiger partial charge in [0.1, 0.15) is 0 Å². The number of benzene rings is 3. The van der Waals surface area contributed by atoms with Gasteiger partial charge in [-0.1, -0.05) is 41.4 Å². The van der Waals surface area contributed by atoms with Gasteiger partial charge in [-0.3, -0.25) is 9.52 Å². The van der Waals surface area contributed by atoms with E-state index in [0.29, 0.717) is 5.69 Å². The van der Waals surface area contributed by atoms with Crippen LogP contribution in [0.15, 0.2) is 71.6 Å². The Morgan fingerprint density at radius 3 is 2.10 bits per heavy atom. The van der Waals surface area contributed by atoms with E-state index in [0.717, 1.165) is 5.56 Å². The molecule has 0 bridgehead atoms. The van der Waals surface area contributed by atoms with Gasteiger partial charge in [0.25, 0.3) is 15.9 Å². The minimum absolute atomic E-state index is 0.00702. The van der Waals surface area contributed by atoms with Gasteiger partial charge in [-0.2, -0.15) is 0 Å². The van der Waals surface area contributed by atoms with Gasteiger partial charge in [-0.25, -0.2) is 8.42 Å². The van der Waals surface area contributed by atoms with E-state index in [4.69, 9.17) is 11.6 Å². The van der Waals surface area contributed by atoms with Gasteiger partial charge < -0.3 is 15.2 Å². The fourth-order valence-corrected chi connectivity index (χ4v) is 3.86. The monoisotopic (exact) mass is 443 g/mol. The van der Waals surface area contributed by atoms with E-state index >= 15 is 0 Å². The number of sulfonamides is 1. The van der Waals surface area contributed by atoms with Crippen molar-refractivity contribution in [3.63, 3.8) is 0 Å². The number of carbonyl (C=O) groups is 2. The molecule has 9 heteroatoms. The molecule has 0 saturated carbocycles. The summed E-state index contributed by atoms with van der Waals surface area (Å²) in [7, 11) is -4.05. The van der Waals surface area contributed by atoms with E-state index in [9.17, 15) is 23.1 Å². The molecule has 3 aromatic carbocycles. The van der Waals surface area contributed by atoms with E-state index in [-0.39, 0.29) is 26.7 Å². The van der Waals surface area contributed by atoms with Crippen LogP contribution in [0.2, 0.25) is 5.02 Å². The lowest BCUT2D eigenvalue weighted by Gasteiger charge is -2.12. The molecule has 3 aromatic rings. The Morgan fingerprint density at radius 1 is 0.900 bits per heavy atom. The van der Waals surface area contributed by atoms with Gasteiger partial charge in [0.15, 0.2) is 0 Å². The Labute approximate surface area is 178 Å². The molecule has 7 nitrogen and oxygen atoms in total. The first kappa shape index (κ1) is 21.4. The van der Waals surface area contributed by atoms with E-state index < -0.39 is 21.9 Å². The minimum atomic E-state index is -4.05. The van der Waals surface area contributed by atoms with Crippen molar-refractivity contribution in [2.75, 3.05) is 10.0 Å². The zero-order chi connectivity index (χ0) is 21.9. The molecule has 0 unspecified atom stereocenters. The number of aryl methyl sites for hydroxylation is 1. The molecule has 154 valence electrons. The SMILES string of the molecule is Cc1ccc(NC(=O)c2cc(S(=O)(=O)Nc3ccc(C(=O)[O-])cc3)ccc2Cl)cc1. The third-order valence-electron chi connectivity index (χ3n) is 4.18. The van der Waals surface area contributed by atoms with Crippen LogP contribution in [0.1, 0.15) is 26.3 Å². The van der Waals surface area contributed by atoms with E-state index in [2.05, 4.69) is 10.0 Å². The number of carbonyl (C=O) groups excluding carboxylic acids is 2. The lowest BCUT2D eigenvalue weighted by atomic mass is 10.2. The molecule has 0 spiro atoms. The highest BCUT2D eigenvalue weighted by Gasteiger charge is 2.19. The summed E-state index contributed by atoms with van der Waals surface area (Å²) in [6, 6.07) is 15.9. The Morgan fingerprint density at radius 2 is 1.50 bits per heavy atom. The number of halogens is 1. The number of hydrogen-bond acceptors (Lipinski definition) is 5. The van der Waals surface area contributed by atoms with Gasteiger partial charge in [0.2, 0.25) is 0 Å². The summed E-state index contributed by atoms with van der Waals surface area (Å²) in [5, 5.41) is 13.6. The summed E-state index contributed by atoms with van der Waals surface area (Å²) in [4.78, 5) is 23.2. The van der Waals surface area contributed by atoms with Crippen LogP contribution >= 0.6 is 11.6 Å². The maximum absolute atomic E-state index is 12.7. The van der Waals surface area contributed by atoms with Crippen molar-refractivity contribution in [3.05, 3.63) is 88.4 Å². The molecular weight excluding hydrogens is 428 g/mol. The maximum Gasteiger partial charge on any atom is 0.261 e. The molecule has 0 aliphatic carbocycles. The average Bonchev–Trinajstić information content (AvgIpc) is 2.70. The average molecular weight is 444 g/mol. The van der Waals surface area contributed by atoms with Crippen LogP contribution in [0.4, 0.5) is 11.4 Å². The number of anilines is 2. The number of nitrogens with one attached hydrogen (secondary N) is 2. The second kappa shape index (κ2) is 8.56. The molecule has 0 aliphatic rings. The summed E-state index contributed by atoms with van der Waals surface area (Å²) in [6.07, 6.45) is 0. The van der Waals surface area contributed by atoms with Crippen molar-refractivity contribution in [2.24, 2.45) is 0 Å². The highest BCUT2D eigenvalue weighted by atomic mass is 35.5. The molecule has 0 aliphatic heterocycles. The molecule has 0 radical (unpaired) electrons. The Hall–Kier alpha value is -3.36. The third-order valence-corrected chi connectivity index (χ3v) is 5.88. The van der Waals surface area contributed by atoms with Crippen LogP contribution in [-0.2, 0) is 10.0 Å². The molecule has 3 rings (SSSR count). The summed E-state index contributed by atoms with van der Waals surface area (Å²) >= 11 is 6.10. The highest BCUT2D eigenvalue weighted by molar-refractivity contribution is 7.92. The quantitative estimate of drug-likeness (QED) is 0.607. The lowest BCUT2D eigenvalue weighted by molar-refractivity contribution is -0.255. The summed E-state index contributed by atoms with van der Waals surface area (Å²) in [5.41, 5.74) is 1.63. The smallest absolute Gasteiger partial charge is 0.261 e. The second-order valence-electron chi connectivity index (χ2n) is 6.43.